The van der Waals surface area contributed by atoms with E-state index in [0.717, 1.165) is 11.0 Å². The third-order valence-electron chi connectivity index (χ3n) is 3.47. The van der Waals surface area contributed by atoms with Crippen molar-refractivity contribution in [2.24, 2.45) is 0 Å². The summed E-state index contributed by atoms with van der Waals surface area (Å²) in [5.74, 6) is -0.742. The topological polar surface area (TPSA) is 87.4 Å². The number of hydrogen-bond acceptors (Lipinski definition) is 5. The van der Waals surface area contributed by atoms with E-state index in [1.165, 1.54) is 24.3 Å². The second-order valence-electron chi connectivity index (χ2n) is 5.16. The number of carboxylic acid groups (broad SMARTS) is 1. The number of aromatic nitrogens is 2. The molecule has 0 aliphatic carbocycles. The van der Waals surface area contributed by atoms with Gasteiger partial charge in [0.1, 0.15) is 18.5 Å². The number of ether oxygens (including phenoxy) is 1. The van der Waals surface area contributed by atoms with E-state index < -0.39 is 12.1 Å². The summed E-state index contributed by atoms with van der Waals surface area (Å²) < 4.78 is 7.33. The molecule has 0 amide bonds. The number of carbonyl (C=O) groups is 1. The summed E-state index contributed by atoms with van der Waals surface area (Å²) in [6.45, 7) is 0.453. The van der Waals surface area contributed by atoms with Crippen LogP contribution in [0, 0.1) is 0 Å². The number of aliphatic hydroxyl groups is 1. The minimum Gasteiger partial charge on any atom is -0.545 e. The highest BCUT2D eigenvalue weighted by Gasteiger charge is 2.09. The van der Waals surface area contributed by atoms with Crippen LogP contribution in [0.3, 0.4) is 0 Å². The van der Waals surface area contributed by atoms with Gasteiger partial charge in [-0.1, -0.05) is 12.1 Å². The molecule has 2 aromatic carbocycles. The van der Waals surface area contributed by atoms with Crippen LogP contribution in [0.2, 0.25) is 0 Å². The van der Waals surface area contributed by atoms with Crippen LogP contribution in [0.15, 0.2) is 54.9 Å². The summed E-state index contributed by atoms with van der Waals surface area (Å²) in [7, 11) is 0. The Labute approximate surface area is 132 Å². The number of aromatic carboxylic acids is 1. The Bertz CT molecular complexity index is 811. The van der Waals surface area contributed by atoms with Crippen molar-refractivity contribution in [2.75, 3.05) is 6.61 Å². The number of carboxylic acids is 1. The van der Waals surface area contributed by atoms with Crippen molar-refractivity contribution in [1.29, 1.82) is 0 Å². The molecule has 6 heteroatoms. The van der Waals surface area contributed by atoms with Gasteiger partial charge in [0.25, 0.3) is 0 Å². The van der Waals surface area contributed by atoms with Gasteiger partial charge in [-0.2, -0.15) is 0 Å². The molecule has 118 valence electrons. The zero-order valence-corrected chi connectivity index (χ0v) is 12.3. The lowest BCUT2D eigenvalue weighted by Crippen LogP contribution is -2.23. The van der Waals surface area contributed by atoms with Crippen LogP contribution < -0.4 is 9.84 Å². The SMILES string of the molecule is O=C([O-])c1ccc(OCC(O)Cn2cnc3ccccc32)cc1. The monoisotopic (exact) mass is 311 g/mol. The van der Waals surface area contributed by atoms with Crippen LogP contribution in [0.5, 0.6) is 5.75 Å². The van der Waals surface area contributed by atoms with Gasteiger partial charge in [0.05, 0.1) is 29.9 Å². The Morgan fingerprint density at radius 1 is 1.22 bits per heavy atom. The Hall–Kier alpha value is -2.86. The van der Waals surface area contributed by atoms with Crippen molar-refractivity contribution in [3.8, 4) is 5.75 Å². The molecule has 23 heavy (non-hydrogen) atoms. The van der Waals surface area contributed by atoms with Gasteiger partial charge in [0.15, 0.2) is 0 Å². The number of aliphatic hydroxyl groups excluding tert-OH is 1. The zero-order chi connectivity index (χ0) is 16.2. The standard InChI is InChI=1S/C17H16N2O4/c20-13(9-19-11-18-15-3-1-2-4-16(15)19)10-23-14-7-5-12(6-8-14)17(21)22/h1-8,11,13,20H,9-10H2,(H,21,22)/p-1. The predicted octanol–water partition coefficient (Wildman–Crippen LogP) is 0.840. The number of benzene rings is 2. The van der Waals surface area contributed by atoms with E-state index >= 15 is 0 Å². The van der Waals surface area contributed by atoms with Gasteiger partial charge in [-0.3, -0.25) is 0 Å². The van der Waals surface area contributed by atoms with Gasteiger partial charge in [-0.25, -0.2) is 4.98 Å². The first-order valence-corrected chi connectivity index (χ1v) is 7.15. The maximum absolute atomic E-state index is 10.7. The van der Waals surface area contributed by atoms with E-state index in [0.29, 0.717) is 12.3 Å². The second-order valence-corrected chi connectivity index (χ2v) is 5.16. The smallest absolute Gasteiger partial charge is 0.119 e. The number of hydrogen-bond donors (Lipinski definition) is 1. The highest BCUT2D eigenvalue weighted by Crippen LogP contribution is 2.14. The van der Waals surface area contributed by atoms with E-state index in [-0.39, 0.29) is 12.2 Å². The third-order valence-corrected chi connectivity index (χ3v) is 3.47. The fraction of sp³-hybridized carbons (Fsp3) is 0.176. The number of nitrogens with zero attached hydrogens (tertiary/aromatic N) is 2. The average molecular weight is 311 g/mol. The average Bonchev–Trinajstić information content (AvgIpc) is 2.96. The summed E-state index contributed by atoms with van der Waals surface area (Å²) in [4.78, 5) is 14.9. The zero-order valence-electron chi connectivity index (χ0n) is 12.3. The molecule has 1 atom stereocenters. The van der Waals surface area contributed by atoms with Crippen molar-refractivity contribution in [2.45, 2.75) is 12.6 Å². The molecule has 0 bridgehead atoms. The summed E-state index contributed by atoms with van der Waals surface area (Å²) in [5.41, 5.74) is 1.91. The number of fused-ring (bicyclic) bond motifs is 1. The second kappa shape index (κ2) is 6.50. The lowest BCUT2D eigenvalue weighted by Gasteiger charge is -2.14. The van der Waals surface area contributed by atoms with Crippen LogP contribution in [-0.2, 0) is 6.54 Å². The predicted molar refractivity (Wildman–Crippen MR) is 82.0 cm³/mol. The minimum absolute atomic E-state index is 0.0859. The number of para-hydroxylation sites is 2. The van der Waals surface area contributed by atoms with Crippen LogP contribution in [0.1, 0.15) is 10.4 Å². The van der Waals surface area contributed by atoms with Gasteiger partial charge in [-0.15, -0.1) is 0 Å². The Morgan fingerprint density at radius 3 is 2.70 bits per heavy atom. The first-order chi connectivity index (χ1) is 11.1. The molecule has 1 unspecified atom stereocenters. The largest absolute Gasteiger partial charge is 0.545 e. The summed E-state index contributed by atoms with van der Waals surface area (Å²) in [6, 6.07) is 13.6. The molecule has 3 aromatic rings. The number of rotatable bonds is 6. The molecule has 0 saturated heterocycles. The van der Waals surface area contributed by atoms with Gasteiger partial charge in [0.2, 0.25) is 0 Å². The van der Waals surface area contributed by atoms with E-state index in [9.17, 15) is 15.0 Å². The van der Waals surface area contributed by atoms with E-state index in [1.54, 1.807) is 6.33 Å². The molecule has 0 aliphatic heterocycles. The van der Waals surface area contributed by atoms with E-state index in [4.69, 9.17) is 4.74 Å². The van der Waals surface area contributed by atoms with Crippen LogP contribution in [0.4, 0.5) is 0 Å². The molecule has 1 N–H and O–H groups in total. The molecule has 1 aromatic heterocycles. The first kappa shape index (κ1) is 15.1. The molecule has 0 fully saturated rings. The van der Waals surface area contributed by atoms with Crippen LogP contribution in [-0.4, -0.2) is 33.3 Å². The Morgan fingerprint density at radius 2 is 1.96 bits per heavy atom. The highest BCUT2D eigenvalue weighted by atomic mass is 16.5. The maximum atomic E-state index is 10.7. The van der Waals surface area contributed by atoms with Gasteiger partial charge in [-0.05, 0) is 42.0 Å². The maximum Gasteiger partial charge on any atom is 0.119 e. The van der Waals surface area contributed by atoms with Crippen LogP contribution >= 0.6 is 0 Å². The van der Waals surface area contributed by atoms with Crippen molar-refractivity contribution in [1.82, 2.24) is 9.55 Å². The molecule has 0 saturated carbocycles. The number of carbonyl (C=O) groups excluding carboxylic acids is 1. The first-order valence-electron chi connectivity index (χ1n) is 7.15. The molecular formula is C17H15N2O4-. The van der Waals surface area contributed by atoms with Crippen molar-refractivity contribution >= 4 is 17.0 Å². The molecule has 0 radical (unpaired) electrons. The number of imidazole rings is 1. The van der Waals surface area contributed by atoms with Crippen molar-refractivity contribution in [3.63, 3.8) is 0 Å². The molecule has 0 spiro atoms. The third kappa shape index (κ3) is 3.49. The van der Waals surface area contributed by atoms with E-state index in [2.05, 4.69) is 4.98 Å². The van der Waals surface area contributed by atoms with Gasteiger partial charge >= 0.3 is 0 Å². The molecule has 6 nitrogen and oxygen atoms in total. The molecular weight excluding hydrogens is 296 g/mol. The molecule has 3 rings (SSSR count). The lowest BCUT2D eigenvalue weighted by atomic mass is 10.2. The Kier molecular flexibility index (Phi) is 4.25. The highest BCUT2D eigenvalue weighted by molar-refractivity contribution is 5.85. The molecule has 1 heterocycles. The quantitative estimate of drug-likeness (QED) is 0.729. The minimum atomic E-state index is -1.23. The van der Waals surface area contributed by atoms with E-state index in [1.807, 2.05) is 28.8 Å². The fourth-order valence-electron chi connectivity index (χ4n) is 2.32. The van der Waals surface area contributed by atoms with Gasteiger partial charge in [0, 0.05) is 0 Å². The lowest BCUT2D eigenvalue weighted by molar-refractivity contribution is -0.255. The summed E-state index contributed by atoms with van der Waals surface area (Å²) in [5, 5.41) is 20.8. The summed E-state index contributed by atoms with van der Waals surface area (Å²) in [6.07, 6.45) is 0.969. The van der Waals surface area contributed by atoms with Crippen molar-refractivity contribution < 1.29 is 19.7 Å². The van der Waals surface area contributed by atoms with Crippen molar-refractivity contribution in [3.05, 3.63) is 60.4 Å². The van der Waals surface area contributed by atoms with Gasteiger partial charge < -0.3 is 24.3 Å². The molecule has 0 aliphatic rings. The van der Waals surface area contributed by atoms with Crippen LogP contribution in [0.25, 0.3) is 11.0 Å². The summed E-state index contributed by atoms with van der Waals surface area (Å²) >= 11 is 0. The Balaban J connectivity index is 1.59. The fourth-order valence-corrected chi connectivity index (χ4v) is 2.32. The normalized spacial score (nSPS) is 12.2.